The fraction of sp³-hybridized carbons (Fsp3) is 0.222. The first kappa shape index (κ1) is 12.1. The molecule has 17 heavy (non-hydrogen) atoms. The average Bonchev–Trinajstić information content (AvgIpc) is 2.89. The Labute approximate surface area is 103 Å². The maximum absolute atomic E-state index is 11.8. The molecule has 0 atom stereocenters. The summed E-state index contributed by atoms with van der Waals surface area (Å²) >= 11 is 1.11. The number of nitrogen functional groups attached to an aromatic ring is 1. The highest BCUT2D eigenvalue weighted by Gasteiger charge is 2.15. The lowest BCUT2D eigenvalue weighted by molar-refractivity contribution is 0.583. The number of rotatable bonds is 5. The van der Waals surface area contributed by atoms with Gasteiger partial charge >= 0.3 is 0 Å². The van der Waals surface area contributed by atoms with Crippen LogP contribution >= 0.6 is 11.3 Å². The predicted octanol–water partition coefficient (Wildman–Crippen LogP) is 0.574. The molecule has 2 rings (SSSR count). The first-order chi connectivity index (χ1) is 8.08. The van der Waals surface area contributed by atoms with Crippen LogP contribution in [0.1, 0.15) is 5.69 Å². The van der Waals surface area contributed by atoms with Crippen LogP contribution in [-0.4, -0.2) is 24.9 Å². The second-order valence-corrected chi connectivity index (χ2v) is 6.33. The topological polar surface area (TPSA) is 101 Å². The number of aromatic amines is 1. The quantitative estimate of drug-likeness (QED) is 0.741. The lowest BCUT2D eigenvalue weighted by Crippen LogP contribution is -2.25. The highest BCUT2D eigenvalue weighted by molar-refractivity contribution is 7.91. The van der Waals surface area contributed by atoms with Crippen molar-refractivity contribution >= 4 is 27.0 Å². The largest absolute Gasteiger partial charge is 0.398 e. The summed E-state index contributed by atoms with van der Waals surface area (Å²) in [6.45, 7) is 0.322. The molecule has 0 unspecified atom stereocenters. The third kappa shape index (κ3) is 3.05. The van der Waals surface area contributed by atoms with Crippen LogP contribution in [0.15, 0.2) is 28.2 Å². The fourth-order valence-electron chi connectivity index (χ4n) is 1.28. The number of nitrogens with one attached hydrogen (secondary N) is 2. The number of nitrogens with zero attached hydrogens (tertiary/aromatic N) is 1. The van der Waals surface area contributed by atoms with Crippen LogP contribution in [0.25, 0.3) is 0 Å². The van der Waals surface area contributed by atoms with E-state index in [9.17, 15) is 8.42 Å². The number of aromatic nitrogens is 2. The van der Waals surface area contributed by atoms with Crippen molar-refractivity contribution in [3.8, 4) is 0 Å². The number of nitrogens with two attached hydrogens (primary N) is 1. The minimum absolute atomic E-state index is 0.236. The molecular formula is C9H12N4O2S2. The van der Waals surface area contributed by atoms with Crippen LogP contribution in [0.3, 0.4) is 0 Å². The molecule has 0 aliphatic heterocycles. The van der Waals surface area contributed by atoms with E-state index in [0.29, 0.717) is 18.7 Å². The average molecular weight is 272 g/mol. The summed E-state index contributed by atoms with van der Waals surface area (Å²) in [5.74, 6) is 0. The van der Waals surface area contributed by atoms with E-state index in [4.69, 9.17) is 5.73 Å². The van der Waals surface area contributed by atoms with E-state index >= 15 is 0 Å². The Morgan fingerprint density at radius 1 is 1.53 bits per heavy atom. The van der Waals surface area contributed by atoms with Gasteiger partial charge in [0.15, 0.2) is 0 Å². The van der Waals surface area contributed by atoms with E-state index in [1.807, 2.05) is 0 Å². The molecule has 0 aromatic carbocycles. The molecule has 0 amide bonds. The summed E-state index contributed by atoms with van der Waals surface area (Å²) in [5, 5.41) is 1.60. The van der Waals surface area contributed by atoms with Gasteiger partial charge in [-0.1, -0.05) is 0 Å². The van der Waals surface area contributed by atoms with Gasteiger partial charge in [0.2, 0.25) is 10.0 Å². The van der Waals surface area contributed by atoms with E-state index < -0.39 is 10.0 Å². The van der Waals surface area contributed by atoms with Gasteiger partial charge in [-0.05, 0) is 6.07 Å². The Bertz CT molecular complexity index is 574. The first-order valence-electron chi connectivity index (χ1n) is 4.89. The van der Waals surface area contributed by atoms with E-state index in [2.05, 4.69) is 14.7 Å². The van der Waals surface area contributed by atoms with Crippen molar-refractivity contribution in [2.24, 2.45) is 0 Å². The van der Waals surface area contributed by atoms with Crippen molar-refractivity contribution in [2.75, 3.05) is 12.3 Å². The number of anilines is 1. The van der Waals surface area contributed by atoms with E-state index in [-0.39, 0.29) is 4.21 Å². The van der Waals surface area contributed by atoms with Crippen LogP contribution in [0.4, 0.5) is 5.69 Å². The van der Waals surface area contributed by atoms with Gasteiger partial charge in [-0.2, -0.15) is 0 Å². The zero-order valence-corrected chi connectivity index (χ0v) is 10.5. The zero-order chi connectivity index (χ0) is 12.3. The number of sulfonamides is 1. The Kier molecular flexibility index (Phi) is 3.46. The second kappa shape index (κ2) is 4.86. The SMILES string of the molecule is Nc1csc(S(=O)(=O)NCCc2cnc[nH]2)c1. The van der Waals surface area contributed by atoms with Crippen molar-refractivity contribution in [3.63, 3.8) is 0 Å². The number of H-pyrrole nitrogens is 1. The summed E-state index contributed by atoms with van der Waals surface area (Å²) in [6, 6.07) is 1.45. The molecule has 0 aliphatic carbocycles. The minimum atomic E-state index is -3.44. The molecule has 0 saturated heterocycles. The molecule has 0 aliphatic rings. The lowest BCUT2D eigenvalue weighted by atomic mass is 10.3. The number of thiophene rings is 1. The molecule has 0 bridgehead atoms. The van der Waals surface area contributed by atoms with Gasteiger partial charge in [0.25, 0.3) is 0 Å². The van der Waals surface area contributed by atoms with Crippen LogP contribution in [-0.2, 0) is 16.4 Å². The monoisotopic (exact) mass is 272 g/mol. The van der Waals surface area contributed by atoms with Gasteiger partial charge in [-0.3, -0.25) is 0 Å². The summed E-state index contributed by atoms with van der Waals surface area (Å²) in [5.41, 5.74) is 6.84. The molecule has 2 aromatic rings. The summed E-state index contributed by atoms with van der Waals surface area (Å²) in [6.07, 6.45) is 3.79. The third-order valence-corrected chi connectivity index (χ3v) is 5.02. The zero-order valence-electron chi connectivity index (χ0n) is 8.88. The standard InChI is InChI=1S/C9H12N4O2S2/c10-7-3-9(16-5-7)17(14,15)13-2-1-8-4-11-6-12-8/h3-6,13H,1-2,10H2,(H,11,12). The smallest absolute Gasteiger partial charge is 0.250 e. The second-order valence-electron chi connectivity index (χ2n) is 3.42. The van der Waals surface area contributed by atoms with Gasteiger partial charge in [-0.25, -0.2) is 18.1 Å². The molecule has 2 aromatic heterocycles. The molecule has 0 fully saturated rings. The van der Waals surface area contributed by atoms with Gasteiger partial charge in [0, 0.05) is 35.9 Å². The van der Waals surface area contributed by atoms with Crippen molar-refractivity contribution in [3.05, 3.63) is 29.7 Å². The van der Waals surface area contributed by atoms with Crippen LogP contribution in [0, 0.1) is 0 Å². The van der Waals surface area contributed by atoms with Crippen LogP contribution in [0.2, 0.25) is 0 Å². The Balaban J connectivity index is 1.94. The highest BCUT2D eigenvalue weighted by Crippen LogP contribution is 2.21. The molecule has 0 spiro atoms. The summed E-state index contributed by atoms with van der Waals surface area (Å²) < 4.78 is 26.3. The molecule has 92 valence electrons. The Morgan fingerprint density at radius 3 is 2.94 bits per heavy atom. The lowest BCUT2D eigenvalue weighted by Gasteiger charge is -2.03. The van der Waals surface area contributed by atoms with Crippen molar-refractivity contribution in [1.29, 1.82) is 0 Å². The molecule has 8 heteroatoms. The maximum Gasteiger partial charge on any atom is 0.250 e. The summed E-state index contributed by atoms with van der Waals surface area (Å²) in [7, 11) is -3.44. The van der Waals surface area contributed by atoms with Gasteiger partial charge in [-0.15, -0.1) is 11.3 Å². The first-order valence-corrected chi connectivity index (χ1v) is 7.25. The number of imidazole rings is 1. The van der Waals surface area contributed by atoms with Gasteiger partial charge < -0.3 is 10.7 Å². The molecule has 4 N–H and O–H groups in total. The van der Waals surface area contributed by atoms with E-state index in [1.54, 1.807) is 17.9 Å². The molecule has 0 saturated carbocycles. The van der Waals surface area contributed by atoms with Gasteiger partial charge in [0.1, 0.15) is 4.21 Å². The van der Waals surface area contributed by atoms with Gasteiger partial charge in [0.05, 0.1) is 6.33 Å². The molecule has 0 radical (unpaired) electrons. The normalized spacial score (nSPS) is 11.8. The molecule has 6 nitrogen and oxygen atoms in total. The maximum atomic E-state index is 11.8. The highest BCUT2D eigenvalue weighted by atomic mass is 32.2. The predicted molar refractivity (Wildman–Crippen MR) is 66.2 cm³/mol. The van der Waals surface area contributed by atoms with Crippen molar-refractivity contribution in [2.45, 2.75) is 10.6 Å². The van der Waals surface area contributed by atoms with Crippen molar-refractivity contribution in [1.82, 2.24) is 14.7 Å². The van der Waals surface area contributed by atoms with E-state index in [1.165, 1.54) is 6.07 Å². The Morgan fingerprint density at radius 2 is 2.35 bits per heavy atom. The fourth-order valence-corrected chi connectivity index (χ4v) is 3.44. The number of hydrogen-bond acceptors (Lipinski definition) is 5. The Hall–Kier alpha value is -1.38. The molecular weight excluding hydrogens is 260 g/mol. The summed E-state index contributed by atoms with van der Waals surface area (Å²) in [4.78, 5) is 6.76. The van der Waals surface area contributed by atoms with Crippen LogP contribution in [0.5, 0.6) is 0 Å². The third-order valence-electron chi connectivity index (χ3n) is 2.10. The van der Waals surface area contributed by atoms with Crippen molar-refractivity contribution < 1.29 is 8.42 Å². The van der Waals surface area contributed by atoms with Crippen LogP contribution < -0.4 is 10.5 Å². The van der Waals surface area contributed by atoms with E-state index in [0.717, 1.165) is 17.0 Å². The number of hydrogen-bond donors (Lipinski definition) is 3. The minimum Gasteiger partial charge on any atom is -0.398 e. The molecule has 2 heterocycles.